The average molecular weight is 211 g/mol. The van der Waals surface area contributed by atoms with Crippen molar-refractivity contribution in [1.29, 1.82) is 0 Å². The van der Waals surface area contributed by atoms with Gasteiger partial charge < -0.3 is 14.4 Å². The lowest BCUT2D eigenvalue weighted by atomic mass is 10.0. The third kappa shape index (κ3) is 2.05. The Morgan fingerprint density at radius 1 is 1.00 bits per heavy atom. The van der Waals surface area contributed by atoms with Crippen molar-refractivity contribution in [2.24, 2.45) is 5.41 Å². The molecule has 0 radical (unpaired) electrons. The van der Waals surface area contributed by atoms with Crippen LogP contribution in [-0.4, -0.2) is 43.5 Å². The molecule has 0 N–H and O–H groups in total. The first-order chi connectivity index (χ1) is 7.20. The van der Waals surface area contributed by atoms with Crippen LogP contribution in [-0.2, 0) is 9.47 Å². The van der Waals surface area contributed by atoms with Crippen LogP contribution in [0.15, 0.2) is 0 Å². The van der Waals surface area contributed by atoms with Gasteiger partial charge in [0, 0.05) is 32.5 Å². The molecule has 1 saturated carbocycles. The molecule has 2 aliphatic heterocycles. The van der Waals surface area contributed by atoms with Crippen LogP contribution in [0.2, 0.25) is 0 Å². The predicted octanol–water partition coefficient (Wildman–Crippen LogP) is 1.63. The van der Waals surface area contributed by atoms with Gasteiger partial charge in [-0.05, 0) is 18.3 Å². The molecule has 2 heterocycles. The Morgan fingerprint density at radius 3 is 2.13 bits per heavy atom. The van der Waals surface area contributed by atoms with Crippen molar-refractivity contribution >= 4 is 0 Å². The average Bonchev–Trinajstić information content (AvgIpc) is 2.79. The van der Waals surface area contributed by atoms with Gasteiger partial charge in [0.2, 0.25) is 0 Å². The summed E-state index contributed by atoms with van der Waals surface area (Å²) in [5.41, 5.74) is 0.641. The highest BCUT2D eigenvalue weighted by atomic mass is 16.7. The van der Waals surface area contributed by atoms with Crippen LogP contribution in [0.4, 0.5) is 0 Å². The Morgan fingerprint density at radius 2 is 1.60 bits per heavy atom. The second-order valence-electron chi connectivity index (χ2n) is 5.69. The van der Waals surface area contributed by atoms with Gasteiger partial charge in [-0.25, -0.2) is 0 Å². The number of nitrogens with zero attached hydrogens (tertiary/aromatic N) is 1. The Balaban J connectivity index is 1.51. The van der Waals surface area contributed by atoms with E-state index in [-0.39, 0.29) is 5.79 Å². The highest BCUT2D eigenvalue weighted by molar-refractivity contribution is 4.93. The van der Waals surface area contributed by atoms with Crippen LogP contribution >= 0.6 is 0 Å². The molecule has 0 aromatic rings. The zero-order valence-electron chi connectivity index (χ0n) is 9.63. The molecule has 0 unspecified atom stereocenters. The van der Waals surface area contributed by atoms with Gasteiger partial charge >= 0.3 is 0 Å². The summed E-state index contributed by atoms with van der Waals surface area (Å²) in [6, 6.07) is 0. The standard InChI is InChI=1S/C12H21NO2/c1-11(2-3-11)10-13-6-4-12(5-7-13)14-8-9-15-12/h2-10H2,1H3. The molecule has 3 aliphatic rings. The summed E-state index contributed by atoms with van der Waals surface area (Å²) >= 11 is 0. The Hall–Kier alpha value is -0.120. The minimum absolute atomic E-state index is 0.193. The molecule has 1 aliphatic carbocycles. The summed E-state index contributed by atoms with van der Waals surface area (Å²) in [7, 11) is 0. The van der Waals surface area contributed by atoms with Gasteiger partial charge in [0.05, 0.1) is 13.2 Å². The number of piperidine rings is 1. The van der Waals surface area contributed by atoms with Crippen molar-refractivity contribution in [2.75, 3.05) is 32.8 Å². The Bertz CT molecular complexity index is 234. The molecule has 2 saturated heterocycles. The lowest BCUT2D eigenvalue weighted by molar-refractivity contribution is -0.185. The molecule has 86 valence electrons. The Labute approximate surface area is 91.7 Å². The molecule has 1 spiro atoms. The summed E-state index contributed by atoms with van der Waals surface area (Å²) in [4.78, 5) is 2.59. The fourth-order valence-corrected chi connectivity index (χ4v) is 2.75. The SMILES string of the molecule is CC1(CN2CCC3(CC2)OCCO3)CC1. The molecule has 0 aromatic heterocycles. The van der Waals surface area contributed by atoms with Gasteiger partial charge in [0.15, 0.2) is 5.79 Å². The number of hydrogen-bond acceptors (Lipinski definition) is 3. The lowest BCUT2D eigenvalue weighted by Crippen LogP contribution is -2.46. The quantitative estimate of drug-likeness (QED) is 0.693. The fraction of sp³-hybridized carbons (Fsp3) is 1.00. The summed E-state index contributed by atoms with van der Waals surface area (Å²) in [5, 5.41) is 0. The first-order valence-corrected chi connectivity index (χ1v) is 6.20. The van der Waals surface area contributed by atoms with E-state index in [9.17, 15) is 0 Å². The highest BCUT2D eigenvalue weighted by Gasteiger charge is 2.43. The van der Waals surface area contributed by atoms with Crippen LogP contribution in [0.5, 0.6) is 0 Å². The highest BCUT2D eigenvalue weighted by Crippen LogP contribution is 2.46. The van der Waals surface area contributed by atoms with Gasteiger partial charge in [-0.2, -0.15) is 0 Å². The van der Waals surface area contributed by atoms with Gasteiger partial charge in [0.1, 0.15) is 0 Å². The van der Waals surface area contributed by atoms with Crippen molar-refractivity contribution in [3.8, 4) is 0 Å². The van der Waals surface area contributed by atoms with Crippen molar-refractivity contribution in [3.63, 3.8) is 0 Å². The van der Waals surface area contributed by atoms with Crippen molar-refractivity contribution < 1.29 is 9.47 Å². The Kier molecular flexibility index (Phi) is 2.31. The van der Waals surface area contributed by atoms with Crippen LogP contribution in [0, 0.1) is 5.41 Å². The molecule has 3 nitrogen and oxygen atoms in total. The maximum atomic E-state index is 5.73. The fourth-order valence-electron chi connectivity index (χ4n) is 2.75. The van der Waals surface area contributed by atoms with E-state index in [1.807, 2.05) is 0 Å². The largest absolute Gasteiger partial charge is 0.347 e. The molecule has 0 aromatic carbocycles. The minimum atomic E-state index is -0.193. The molecular weight excluding hydrogens is 190 g/mol. The smallest absolute Gasteiger partial charge is 0.170 e. The second kappa shape index (κ2) is 3.44. The zero-order valence-corrected chi connectivity index (χ0v) is 9.63. The van der Waals surface area contributed by atoms with Gasteiger partial charge in [-0.15, -0.1) is 0 Å². The molecule has 3 rings (SSSR count). The molecule has 3 fully saturated rings. The summed E-state index contributed by atoms with van der Waals surface area (Å²) in [6.07, 6.45) is 4.95. The van der Waals surface area contributed by atoms with E-state index in [4.69, 9.17) is 9.47 Å². The van der Waals surface area contributed by atoms with Gasteiger partial charge in [0.25, 0.3) is 0 Å². The molecular formula is C12H21NO2. The number of likely N-dealkylation sites (tertiary alicyclic amines) is 1. The van der Waals surface area contributed by atoms with E-state index >= 15 is 0 Å². The van der Waals surface area contributed by atoms with Crippen LogP contribution < -0.4 is 0 Å². The molecule has 3 heteroatoms. The third-order valence-electron chi connectivity index (χ3n) is 4.14. The van der Waals surface area contributed by atoms with E-state index in [1.54, 1.807) is 0 Å². The van der Waals surface area contributed by atoms with E-state index in [1.165, 1.54) is 19.4 Å². The van der Waals surface area contributed by atoms with Gasteiger partial charge in [-0.3, -0.25) is 0 Å². The second-order valence-corrected chi connectivity index (χ2v) is 5.69. The van der Waals surface area contributed by atoms with Crippen LogP contribution in [0.25, 0.3) is 0 Å². The third-order valence-corrected chi connectivity index (χ3v) is 4.14. The maximum Gasteiger partial charge on any atom is 0.170 e. The van der Waals surface area contributed by atoms with E-state index in [2.05, 4.69) is 11.8 Å². The molecule has 15 heavy (non-hydrogen) atoms. The number of rotatable bonds is 2. The predicted molar refractivity (Wildman–Crippen MR) is 57.7 cm³/mol. The zero-order chi connectivity index (χ0) is 10.4. The molecule has 0 amide bonds. The van der Waals surface area contributed by atoms with E-state index in [0.717, 1.165) is 39.1 Å². The van der Waals surface area contributed by atoms with Crippen molar-refractivity contribution in [1.82, 2.24) is 4.90 Å². The molecule has 0 atom stereocenters. The molecule has 0 bridgehead atoms. The summed E-state index contributed by atoms with van der Waals surface area (Å²) in [6.45, 7) is 7.56. The van der Waals surface area contributed by atoms with E-state index in [0.29, 0.717) is 5.41 Å². The normalized spacial score (nSPS) is 33.4. The lowest BCUT2D eigenvalue weighted by Gasteiger charge is -2.38. The van der Waals surface area contributed by atoms with Crippen molar-refractivity contribution in [2.45, 2.75) is 38.4 Å². The van der Waals surface area contributed by atoms with Gasteiger partial charge in [-0.1, -0.05) is 6.92 Å². The first kappa shape index (κ1) is 10.1. The number of hydrogen-bond donors (Lipinski definition) is 0. The monoisotopic (exact) mass is 211 g/mol. The summed E-state index contributed by atoms with van der Waals surface area (Å²) in [5.74, 6) is -0.193. The first-order valence-electron chi connectivity index (χ1n) is 6.20. The van der Waals surface area contributed by atoms with E-state index < -0.39 is 0 Å². The van der Waals surface area contributed by atoms with Crippen LogP contribution in [0.1, 0.15) is 32.6 Å². The maximum absolute atomic E-state index is 5.73. The minimum Gasteiger partial charge on any atom is -0.347 e. The van der Waals surface area contributed by atoms with Crippen LogP contribution in [0.3, 0.4) is 0 Å². The summed E-state index contributed by atoms with van der Waals surface area (Å²) < 4.78 is 11.5. The topological polar surface area (TPSA) is 21.7 Å². The number of ether oxygens (including phenoxy) is 2. The van der Waals surface area contributed by atoms with Crippen molar-refractivity contribution in [3.05, 3.63) is 0 Å².